The van der Waals surface area contributed by atoms with E-state index in [1.165, 1.54) is 0 Å². The highest BCUT2D eigenvalue weighted by atomic mass is 16.1. The molecule has 6 heteroatoms. The summed E-state index contributed by atoms with van der Waals surface area (Å²) in [5, 5.41) is 20.6. The van der Waals surface area contributed by atoms with Crippen LogP contribution in [0.3, 0.4) is 0 Å². The Labute approximate surface area is 162 Å². The number of nitriles is 1. The molecule has 2 aromatic heterocycles. The lowest BCUT2D eigenvalue weighted by Crippen LogP contribution is -2.26. The van der Waals surface area contributed by atoms with Crippen LogP contribution in [0.25, 0.3) is 16.8 Å². The second kappa shape index (κ2) is 7.72. The number of rotatable bonds is 5. The maximum absolute atomic E-state index is 12.8. The topological polar surface area (TPSA) is 83.1 Å². The number of hydrogen-bond acceptors (Lipinski definition) is 4. The molecule has 0 radical (unpaired) electrons. The van der Waals surface area contributed by atoms with E-state index in [9.17, 15) is 10.1 Å². The Morgan fingerprint density at radius 1 is 0.964 bits per heavy atom. The number of hydrogen-bond donors (Lipinski definition) is 1. The number of aromatic nitrogens is 3. The second-order valence-corrected chi connectivity index (χ2v) is 6.25. The number of carbonyl (C=O) groups excluding carboxylic acids is 1. The molecule has 28 heavy (non-hydrogen) atoms. The Hall–Kier alpha value is -3.98. The van der Waals surface area contributed by atoms with E-state index < -0.39 is 0 Å². The summed E-state index contributed by atoms with van der Waals surface area (Å²) in [5.41, 5.74) is 3.35. The minimum absolute atomic E-state index is 0.183. The van der Waals surface area contributed by atoms with Gasteiger partial charge < -0.3 is 5.32 Å². The van der Waals surface area contributed by atoms with Crippen LogP contribution in [0.15, 0.2) is 72.9 Å². The van der Waals surface area contributed by atoms with Crippen LogP contribution in [0, 0.1) is 11.3 Å². The summed E-state index contributed by atoms with van der Waals surface area (Å²) in [5.74, 6) is 0.608. The molecule has 4 aromatic rings. The lowest BCUT2D eigenvalue weighted by Gasteiger charge is -2.11. The van der Waals surface area contributed by atoms with Crippen LogP contribution in [0.2, 0.25) is 0 Å². The van der Waals surface area contributed by atoms with Gasteiger partial charge in [0.15, 0.2) is 5.65 Å². The maximum Gasteiger partial charge on any atom is 0.251 e. The summed E-state index contributed by atoms with van der Waals surface area (Å²) in [6.45, 7) is 0.433. The van der Waals surface area contributed by atoms with Crippen molar-refractivity contribution >= 4 is 11.6 Å². The molecule has 1 N–H and O–H groups in total. The summed E-state index contributed by atoms with van der Waals surface area (Å²) in [6, 6.07) is 22.5. The van der Waals surface area contributed by atoms with Gasteiger partial charge in [0.1, 0.15) is 5.82 Å². The molecule has 0 bridgehead atoms. The van der Waals surface area contributed by atoms with Crippen molar-refractivity contribution in [1.29, 1.82) is 5.26 Å². The molecule has 0 aliphatic heterocycles. The molecule has 0 fully saturated rings. The van der Waals surface area contributed by atoms with Crippen LogP contribution >= 0.6 is 0 Å². The third-order valence-corrected chi connectivity index (χ3v) is 4.53. The SMILES string of the molecule is N#Cc1ccccc1-c1ccccc1C(=O)NCCc1nnc2ccccn12. The second-order valence-electron chi connectivity index (χ2n) is 6.25. The molecular weight excluding hydrogens is 350 g/mol. The van der Waals surface area contributed by atoms with Crippen molar-refractivity contribution in [2.45, 2.75) is 6.42 Å². The third-order valence-electron chi connectivity index (χ3n) is 4.53. The van der Waals surface area contributed by atoms with Gasteiger partial charge in [0.2, 0.25) is 0 Å². The first-order chi connectivity index (χ1) is 13.8. The van der Waals surface area contributed by atoms with Crippen molar-refractivity contribution in [1.82, 2.24) is 19.9 Å². The molecular formula is C22H17N5O. The third kappa shape index (κ3) is 3.33. The van der Waals surface area contributed by atoms with Gasteiger partial charge in [-0.3, -0.25) is 9.20 Å². The molecule has 0 spiro atoms. The molecule has 0 saturated heterocycles. The fraction of sp³-hybridized carbons (Fsp3) is 0.0909. The fourth-order valence-electron chi connectivity index (χ4n) is 3.18. The van der Waals surface area contributed by atoms with E-state index in [1.807, 2.05) is 65.2 Å². The summed E-state index contributed by atoms with van der Waals surface area (Å²) in [7, 11) is 0. The Balaban J connectivity index is 1.52. The summed E-state index contributed by atoms with van der Waals surface area (Å²) >= 11 is 0. The quantitative estimate of drug-likeness (QED) is 0.587. The maximum atomic E-state index is 12.8. The predicted octanol–water partition coefficient (Wildman–Crippen LogP) is 3.24. The van der Waals surface area contributed by atoms with Crippen molar-refractivity contribution in [3.63, 3.8) is 0 Å². The van der Waals surface area contributed by atoms with Gasteiger partial charge in [-0.25, -0.2) is 0 Å². The van der Waals surface area contributed by atoms with Crippen LogP contribution in [-0.4, -0.2) is 27.0 Å². The standard InChI is InChI=1S/C22H17N5O/c23-15-16-7-1-2-8-17(16)18-9-3-4-10-19(18)22(28)24-13-12-21-26-25-20-11-5-6-14-27(20)21/h1-11,14H,12-13H2,(H,24,28). The molecule has 2 aromatic carbocycles. The van der Waals surface area contributed by atoms with Crippen molar-refractivity contribution in [2.24, 2.45) is 0 Å². The highest BCUT2D eigenvalue weighted by Gasteiger charge is 2.14. The van der Waals surface area contributed by atoms with Crippen LogP contribution in [0.5, 0.6) is 0 Å². The summed E-state index contributed by atoms with van der Waals surface area (Å²) in [4.78, 5) is 12.8. The zero-order valence-electron chi connectivity index (χ0n) is 15.0. The van der Waals surface area contributed by atoms with Gasteiger partial charge in [0.05, 0.1) is 11.6 Å². The van der Waals surface area contributed by atoms with Crippen molar-refractivity contribution < 1.29 is 4.79 Å². The average molecular weight is 367 g/mol. The van der Waals surface area contributed by atoms with Gasteiger partial charge in [0, 0.05) is 30.3 Å². The smallest absolute Gasteiger partial charge is 0.251 e. The fourth-order valence-corrected chi connectivity index (χ4v) is 3.18. The van der Waals surface area contributed by atoms with E-state index in [0.29, 0.717) is 24.1 Å². The Kier molecular flexibility index (Phi) is 4.81. The van der Waals surface area contributed by atoms with Gasteiger partial charge in [0.25, 0.3) is 5.91 Å². The molecule has 0 aliphatic carbocycles. The van der Waals surface area contributed by atoms with E-state index in [1.54, 1.807) is 12.1 Å². The van der Waals surface area contributed by atoms with Gasteiger partial charge in [-0.15, -0.1) is 10.2 Å². The Morgan fingerprint density at radius 2 is 1.71 bits per heavy atom. The monoisotopic (exact) mass is 367 g/mol. The first kappa shape index (κ1) is 17.4. The van der Waals surface area contributed by atoms with Gasteiger partial charge in [-0.1, -0.05) is 42.5 Å². The molecule has 0 atom stereocenters. The highest BCUT2D eigenvalue weighted by molar-refractivity contribution is 6.01. The summed E-state index contributed by atoms with van der Waals surface area (Å²) in [6.07, 6.45) is 2.47. The number of carbonyl (C=O) groups is 1. The number of amides is 1. The zero-order chi connectivity index (χ0) is 19.3. The zero-order valence-corrected chi connectivity index (χ0v) is 15.0. The van der Waals surface area contributed by atoms with Gasteiger partial charge >= 0.3 is 0 Å². The van der Waals surface area contributed by atoms with Crippen LogP contribution in [0.1, 0.15) is 21.7 Å². The molecule has 2 heterocycles. The lowest BCUT2D eigenvalue weighted by atomic mass is 9.95. The Morgan fingerprint density at radius 3 is 2.57 bits per heavy atom. The molecule has 1 amide bonds. The van der Waals surface area contributed by atoms with E-state index in [-0.39, 0.29) is 5.91 Å². The Bertz CT molecular complexity index is 1190. The molecule has 0 saturated carbocycles. The van der Waals surface area contributed by atoms with E-state index in [2.05, 4.69) is 21.6 Å². The molecule has 6 nitrogen and oxygen atoms in total. The van der Waals surface area contributed by atoms with Gasteiger partial charge in [-0.05, 0) is 29.8 Å². The molecule has 0 unspecified atom stereocenters. The number of fused-ring (bicyclic) bond motifs is 1. The first-order valence-corrected chi connectivity index (χ1v) is 8.93. The molecule has 4 rings (SSSR count). The summed E-state index contributed by atoms with van der Waals surface area (Å²) < 4.78 is 1.91. The predicted molar refractivity (Wildman–Crippen MR) is 106 cm³/mol. The number of pyridine rings is 1. The van der Waals surface area contributed by atoms with Crippen LogP contribution < -0.4 is 5.32 Å². The average Bonchev–Trinajstić information content (AvgIpc) is 3.17. The van der Waals surface area contributed by atoms with Crippen molar-refractivity contribution in [3.05, 3.63) is 89.9 Å². The largest absolute Gasteiger partial charge is 0.352 e. The molecule has 0 aliphatic rings. The van der Waals surface area contributed by atoms with E-state index in [4.69, 9.17) is 0 Å². The van der Waals surface area contributed by atoms with Gasteiger partial charge in [-0.2, -0.15) is 5.26 Å². The number of nitrogens with zero attached hydrogens (tertiary/aromatic N) is 4. The number of benzene rings is 2. The first-order valence-electron chi connectivity index (χ1n) is 8.93. The van der Waals surface area contributed by atoms with Crippen molar-refractivity contribution in [2.75, 3.05) is 6.54 Å². The number of nitrogens with one attached hydrogen (secondary N) is 1. The van der Waals surface area contributed by atoms with E-state index in [0.717, 1.165) is 22.6 Å². The molecule has 136 valence electrons. The van der Waals surface area contributed by atoms with Crippen LogP contribution in [-0.2, 0) is 6.42 Å². The minimum atomic E-state index is -0.183. The normalized spacial score (nSPS) is 10.5. The van der Waals surface area contributed by atoms with E-state index >= 15 is 0 Å². The minimum Gasteiger partial charge on any atom is -0.352 e. The van der Waals surface area contributed by atoms with Crippen molar-refractivity contribution in [3.8, 4) is 17.2 Å². The highest BCUT2D eigenvalue weighted by Crippen LogP contribution is 2.26. The lowest BCUT2D eigenvalue weighted by molar-refractivity contribution is 0.0954. The van der Waals surface area contributed by atoms with Crippen LogP contribution in [0.4, 0.5) is 0 Å².